The topological polar surface area (TPSA) is 55.8 Å². The van der Waals surface area contributed by atoms with Crippen molar-refractivity contribution in [3.63, 3.8) is 0 Å². The third kappa shape index (κ3) is 2.24. The summed E-state index contributed by atoms with van der Waals surface area (Å²) in [6.07, 6.45) is 1.06. The monoisotopic (exact) mass is 190 g/mol. The molecule has 4 nitrogen and oxygen atoms in total. The van der Waals surface area contributed by atoms with Crippen LogP contribution in [0.1, 0.15) is 0 Å². The van der Waals surface area contributed by atoms with Crippen LogP contribution in [-0.4, -0.2) is 39.4 Å². The molecule has 0 spiro atoms. The van der Waals surface area contributed by atoms with Crippen molar-refractivity contribution in [1.29, 1.82) is 0 Å². The van der Waals surface area contributed by atoms with Crippen molar-refractivity contribution in [3.05, 3.63) is 12.7 Å². The molecule has 0 rings (SSSR count). The zero-order valence-corrected chi connectivity index (χ0v) is 8.53. The number of hydrogen-bond donors (Lipinski definition) is 1. The van der Waals surface area contributed by atoms with Crippen LogP contribution in [0.15, 0.2) is 12.7 Å². The van der Waals surface area contributed by atoms with E-state index in [1.54, 1.807) is 6.55 Å². The first-order valence-electron chi connectivity index (χ1n) is 3.46. The molecule has 0 aliphatic heterocycles. The van der Waals surface area contributed by atoms with E-state index in [0.717, 1.165) is 6.08 Å². The molecule has 0 aromatic carbocycles. The first-order valence-corrected chi connectivity index (χ1v) is 5.86. The van der Waals surface area contributed by atoms with E-state index in [1.165, 1.54) is 14.2 Å². The maximum Gasteiger partial charge on any atom is 0.372 e. The Kier molecular flexibility index (Phi) is 4.33. The SMILES string of the molecule is C=CC(=O)C(O)[Si](C)(OC)OC. The fourth-order valence-electron chi connectivity index (χ4n) is 0.677. The summed E-state index contributed by atoms with van der Waals surface area (Å²) in [6.45, 7) is 4.88. The summed E-state index contributed by atoms with van der Waals surface area (Å²) in [4.78, 5) is 11.0. The highest BCUT2D eigenvalue weighted by Crippen LogP contribution is 2.11. The summed E-state index contributed by atoms with van der Waals surface area (Å²) in [6, 6.07) is 0. The summed E-state index contributed by atoms with van der Waals surface area (Å²) in [7, 11) is 0.0740. The van der Waals surface area contributed by atoms with Crippen molar-refractivity contribution in [2.45, 2.75) is 12.3 Å². The van der Waals surface area contributed by atoms with E-state index in [-0.39, 0.29) is 0 Å². The summed E-state index contributed by atoms with van der Waals surface area (Å²) in [5, 5.41) is 9.43. The van der Waals surface area contributed by atoms with Crippen molar-refractivity contribution in [2.75, 3.05) is 14.2 Å². The van der Waals surface area contributed by atoms with Gasteiger partial charge in [-0.05, 0) is 12.6 Å². The Morgan fingerprint density at radius 1 is 1.58 bits per heavy atom. The van der Waals surface area contributed by atoms with Gasteiger partial charge in [0.1, 0.15) is 0 Å². The van der Waals surface area contributed by atoms with E-state index in [1.807, 2.05) is 0 Å². The molecule has 0 amide bonds. The number of ketones is 1. The lowest BCUT2D eigenvalue weighted by molar-refractivity contribution is -0.120. The predicted molar refractivity (Wildman–Crippen MR) is 46.8 cm³/mol. The van der Waals surface area contributed by atoms with Gasteiger partial charge < -0.3 is 14.0 Å². The minimum Gasteiger partial charge on any atom is -0.396 e. The van der Waals surface area contributed by atoms with E-state index in [2.05, 4.69) is 6.58 Å². The Morgan fingerprint density at radius 3 is 2.25 bits per heavy atom. The van der Waals surface area contributed by atoms with E-state index in [0.29, 0.717) is 0 Å². The molecule has 0 fully saturated rings. The molecule has 0 radical (unpaired) electrons. The van der Waals surface area contributed by atoms with Crippen molar-refractivity contribution in [2.24, 2.45) is 0 Å². The van der Waals surface area contributed by atoms with Crippen LogP contribution in [0.4, 0.5) is 0 Å². The second kappa shape index (κ2) is 4.51. The molecule has 70 valence electrons. The van der Waals surface area contributed by atoms with Crippen LogP contribution in [0.25, 0.3) is 0 Å². The minimum atomic E-state index is -2.75. The lowest BCUT2D eigenvalue weighted by Gasteiger charge is -2.26. The maximum absolute atomic E-state index is 11.0. The lowest BCUT2D eigenvalue weighted by atomic mass is 10.4. The molecule has 1 N–H and O–H groups in total. The molecule has 0 bridgehead atoms. The third-order valence-electron chi connectivity index (χ3n) is 1.78. The van der Waals surface area contributed by atoms with Gasteiger partial charge in [-0.25, -0.2) is 0 Å². The predicted octanol–water partition coefficient (Wildman–Crippen LogP) is 0.00640. The Morgan fingerprint density at radius 2 is 2.00 bits per heavy atom. The number of aliphatic hydroxyl groups excluding tert-OH is 1. The molecule has 0 saturated carbocycles. The fourth-order valence-corrected chi connectivity index (χ4v) is 1.92. The van der Waals surface area contributed by atoms with Crippen LogP contribution in [0.3, 0.4) is 0 Å². The molecule has 1 unspecified atom stereocenters. The van der Waals surface area contributed by atoms with Gasteiger partial charge in [0.15, 0.2) is 11.5 Å². The molecule has 0 aromatic rings. The Hall–Kier alpha value is -0.493. The third-order valence-corrected chi connectivity index (χ3v) is 4.68. The molecule has 12 heavy (non-hydrogen) atoms. The standard InChI is InChI=1S/C7H14O4Si/c1-5-6(8)7(9)12(4,10-2)11-3/h5,7,9H,1H2,2-4H3. The van der Waals surface area contributed by atoms with Crippen molar-refractivity contribution >= 4 is 14.3 Å². The largest absolute Gasteiger partial charge is 0.396 e. The molecule has 0 aliphatic carbocycles. The number of carbonyl (C=O) groups excluding carboxylic acids is 1. The van der Waals surface area contributed by atoms with Gasteiger partial charge in [-0.1, -0.05) is 6.58 Å². The van der Waals surface area contributed by atoms with Gasteiger partial charge in [0.25, 0.3) is 0 Å². The number of aliphatic hydroxyl groups is 1. The quantitative estimate of drug-likeness (QED) is 0.490. The molecule has 0 heterocycles. The molecule has 0 aliphatic rings. The summed E-state index contributed by atoms with van der Waals surface area (Å²) in [5.41, 5.74) is -1.20. The highest BCUT2D eigenvalue weighted by atomic mass is 28.4. The number of rotatable bonds is 5. The van der Waals surface area contributed by atoms with Gasteiger partial charge >= 0.3 is 8.56 Å². The number of carbonyl (C=O) groups is 1. The second-order valence-electron chi connectivity index (χ2n) is 2.43. The van der Waals surface area contributed by atoms with Crippen LogP contribution < -0.4 is 0 Å². The average Bonchev–Trinajstić information content (AvgIpc) is 2.14. The van der Waals surface area contributed by atoms with E-state index >= 15 is 0 Å². The number of hydrogen-bond acceptors (Lipinski definition) is 4. The summed E-state index contributed by atoms with van der Waals surface area (Å²) in [5.74, 6) is -0.465. The normalized spacial score (nSPS) is 14.0. The molecule has 5 heteroatoms. The fraction of sp³-hybridized carbons (Fsp3) is 0.571. The Labute approximate surface area is 73.0 Å². The molecule has 1 atom stereocenters. The van der Waals surface area contributed by atoms with E-state index in [4.69, 9.17) is 8.85 Å². The summed E-state index contributed by atoms with van der Waals surface area (Å²) >= 11 is 0. The second-order valence-corrected chi connectivity index (χ2v) is 5.83. The Bertz CT molecular complexity index is 176. The van der Waals surface area contributed by atoms with Crippen molar-refractivity contribution in [3.8, 4) is 0 Å². The van der Waals surface area contributed by atoms with Crippen LogP contribution in [0, 0.1) is 0 Å². The zero-order valence-electron chi connectivity index (χ0n) is 7.53. The van der Waals surface area contributed by atoms with Crippen LogP contribution in [0.2, 0.25) is 6.55 Å². The van der Waals surface area contributed by atoms with E-state index < -0.39 is 20.1 Å². The molecular formula is C7H14O4Si. The minimum absolute atomic E-state index is 0.465. The zero-order chi connectivity index (χ0) is 9.78. The smallest absolute Gasteiger partial charge is 0.372 e. The van der Waals surface area contributed by atoms with Gasteiger partial charge in [0.05, 0.1) is 0 Å². The highest BCUT2D eigenvalue weighted by Gasteiger charge is 2.42. The van der Waals surface area contributed by atoms with Crippen LogP contribution >= 0.6 is 0 Å². The van der Waals surface area contributed by atoms with E-state index in [9.17, 15) is 9.90 Å². The van der Waals surface area contributed by atoms with Gasteiger partial charge in [-0.2, -0.15) is 0 Å². The first kappa shape index (κ1) is 11.5. The van der Waals surface area contributed by atoms with Gasteiger partial charge in [0.2, 0.25) is 0 Å². The van der Waals surface area contributed by atoms with Gasteiger partial charge in [-0.3, -0.25) is 4.79 Å². The van der Waals surface area contributed by atoms with Crippen molar-refractivity contribution in [1.82, 2.24) is 0 Å². The summed E-state index contributed by atoms with van der Waals surface area (Å²) < 4.78 is 9.94. The van der Waals surface area contributed by atoms with Crippen LogP contribution in [0.5, 0.6) is 0 Å². The van der Waals surface area contributed by atoms with Gasteiger partial charge in [-0.15, -0.1) is 0 Å². The van der Waals surface area contributed by atoms with Crippen molar-refractivity contribution < 1.29 is 18.8 Å². The van der Waals surface area contributed by atoms with Crippen LogP contribution in [-0.2, 0) is 13.6 Å². The molecule has 0 aromatic heterocycles. The molecular weight excluding hydrogens is 176 g/mol. The Balaban J connectivity index is 4.51. The average molecular weight is 190 g/mol. The maximum atomic E-state index is 11.0. The highest BCUT2D eigenvalue weighted by molar-refractivity contribution is 6.71. The lowest BCUT2D eigenvalue weighted by Crippen LogP contribution is -2.52. The van der Waals surface area contributed by atoms with Gasteiger partial charge in [0, 0.05) is 14.2 Å². The molecule has 0 saturated heterocycles. The first-order chi connectivity index (χ1) is 5.51.